The molecular weight excluding hydrogens is 466 g/mol. The van der Waals surface area contributed by atoms with E-state index in [9.17, 15) is 4.79 Å². The summed E-state index contributed by atoms with van der Waals surface area (Å²) in [5.41, 5.74) is 6.44. The van der Waals surface area contributed by atoms with Gasteiger partial charge in [-0.15, -0.1) is 11.3 Å². The van der Waals surface area contributed by atoms with Gasteiger partial charge in [-0.2, -0.15) is 0 Å². The van der Waals surface area contributed by atoms with E-state index in [1.54, 1.807) is 12.4 Å². The van der Waals surface area contributed by atoms with Crippen molar-refractivity contribution in [2.75, 3.05) is 23.7 Å². The van der Waals surface area contributed by atoms with Crippen LogP contribution in [0.5, 0.6) is 0 Å². The Morgan fingerprint density at radius 3 is 2.50 bits per heavy atom. The van der Waals surface area contributed by atoms with Crippen LogP contribution in [0.25, 0.3) is 11.3 Å². The van der Waals surface area contributed by atoms with Crippen LogP contribution in [0.4, 0.5) is 16.5 Å². The number of aryl methyl sites for hydroxylation is 1. The second-order valence-corrected chi connectivity index (χ2v) is 9.72. The third kappa shape index (κ3) is 6.77. The monoisotopic (exact) mass is 499 g/mol. The lowest BCUT2D eigenvalue weighted by molar-refractivity contribution is 0.102. The van der Waals surface area contributed by atoms with Crippen LogP contribution in [0.3, 0.4) is 0 Å². The summed E-state index contributed by atoms with van der Waals surface area (Å²) < 4.78 is 0. The van der Waals surface area contributed by atoms with Gasteiger partial charge in [0.15, 0.2) is 5.13 Å². The lowest BCUT2D eigenvalue weighted by Gasteiger charge is -2.21. The van der Waals surface area contributed by atoms with E-state index in [2.05, 4.69) is 51.5 Å². The van der Waals surface area contributed by atoms with Crippen molar-refractivity contribution in [1.29, 1.82) is 0 Å². The van der Waals surface area contributed by atoms with Crippen LogP contribution >= 0.6 is 11.3 Å². The van der Waals surface area contributed by atoms with E-state index in [0.717, 1.165) is 65.8 Å². The molecule has 0 saturated heterocycles. The molecule has 4 aromatic rings. The predicted octanol–water partition coefficient (Wildman–Crippen LogP) is 7.13. The standard InChI is InChI=1S/C29H33N5OS/c1-4-15-34(16-5-2)19-22-9-11-23(12-10-22)28(35)31-25-13-8-21(3)26(17-25)32-29-33-27(20-36-29)24-7-6-14-30-18-24/h6-14,17-18,20H,4-5,15-16,19H2,1-3H3,(H,31,35)(H,32,33). The van der Waals surface area contributed by atoms with Crippen LogP contribution in [0.1, 0.15) is 48.2 Å². The highest BCUT2D eigenvalue weighted by atomic mass is 32.1. The van der Waals surface area contributed by atoms with E-state index in [1.165, 1.54) is 16.9 Å². The van der Waals surface area contributed by atoms with Gasteiger partial charge in [0, 0.05) is 46.8 Å². The maximum absolute atomic E-state index is 12.9. The Kier molecular flexibility index (Phi) is 8.81. The molecule has 0 spiro atoms. The minimum absolute atomic E-state index is 0.122. The molecule has 0 aliphatic heterocycles. The molecule has 0 fully saturated rings. The minimum atomic E-state index is -0.122. The molecule has 2 N–H and O–H groups in total. The van der Waals surface area contributed by atoms with E-state index >= 15 is 0 Å². The summed E-state index contributed by atoms with van der Waals surface area (Å²) >= 11 is 1.54. The normalized spacial score (nSPS) is 11.0. The Labute approximate surface area is 217 Å². The zero-order valence-electron chi connectivity index (χ0n) is 21.1. The Hall–Kier alpha value is -3.55. The molecule has 1 amide bonds. The number of hydrogen-bond acceptors (Lipinski definition) is 6. The molecule has 6 nitrogen and oxygen atoms in total. The van der Waals surface area contributed by atoms with Crippen molar-refractivity contribution in [2.45, 2.75) is 40.2 Å². The fraction of sp³-hybridized carbons (Fsp3) is 0.276. The predicted molar refractivity (Wildman–Crippen MR) is 150 cm³/mol. The topological polar surface area (TPSA) is 70.2 Å². The first kappa shape index (κ1) is 25.5. The zero-order valence-corrected chi connectivity index (χ0v) is 21.9. The molecule has 186 valence electrons. The van der Waals surface area contributed by atoms with Crippen LogP contribution in [-0.2, 0) is 6.54 Å². The van der Waals surface area contributed by atoms with Crippen molar-refractivity contribution >= 4 is 33.8 Å². The smallest absolute Gasteiger partial charge is 0.255 e. The molecule has 0 atom stereocenters. The van der Waals surface area contributed by atoms with Crippen molar-refractivity contribution in [3.05, 3.63) is 89.1 Å². The molecule has 0 bridgehead atoms. The molecule has 0 saturated carbocycles. The quantitative estimate of drug-likeness (QED) is 0.230. The molecular formula is C29H33N5OS. The van der Waals surface area contributed by atoms with E-state index in [1.807, 2.05) is 54.8 Å². The van der Waals surface area contributed by atoms with Crippen LogP contribution in [-0.4, -0.2) is 33.9 Å². The highest BCUT2D eigenvalue weighted by Gasteiger charge is 2.11. The number of hydrogen-bond donors (Lipinski definition) is 2. The number of carbonyl (C=O) groups is 1. The van der Waals surface area contributed by atoms with Gasteiger partial charge in [0.2, 0.25) is 0 Å². The van der Waals surface area contributed by atoms with Gasteiger partial charge >= 0.3 is 0 Å². The van der Waals surface area contributed by atoms with Crippen molar-refractivity contribution in [1.82, 2.24) is 14.9 Å². The number of rotatable bonds is 11. The number of pyridine rings is 1. The highest BCUT2D eigenvalue weighted by molar-refractivity contribution is 7.14. The summed E-state index contributed by atoms with van der Waals surface area (Å²) in [5, 5.41) is 9.22. The zero-order chi connectivity index (χ0) is 25.3. The van der Waals surface area contributed by atoms with Crippen LogP contribution in [0.2, 0.25) is 0 Å². The van der Waals surface area contributed by atoms with Crippen LogP contribution in [0.15, 0.2) is 72.4 Å². The third-order valence-electron chi connectivity index (χ3n) is 5.90. The second kappa shape index (κ2) is 12.4. The number of nitrogens with one attached hydrogen (secondary N) is 2. The van der Waals surface area contributed by atoms with Crippen molar-refractivity contribution in [3.8, 4) is 11.3 Å². The van der Waals surface area contributed by atoms with Crippen LogP contribution < -0.4 is 10.6 Å². The van der Waals surface area contributed by atoms with E-state index in [-0.39, 0.29) is 5.91 Å². The molecule has 7 heteroatoms. The maximum atomic E-state index is 12.9. The molecule has 36 heavy (non-hydrogen) atoms. The van der Waals surface area contributed by atoms with Crippen LogP contribution in [0, 0.1) is 6.92 Å². The van der Waals surface area contributed by atoms with Gasteiger partial charge in [-0.3, -0.25) is 14.7 Å². The first-order valence-corrected chi connectivity index (χ1v) is 13.3. The Morgan fingerprint density at radius 1 is 1.03 bits per heavy atom. The molecule has 0 radical (unpaired) electrons. The number of benzene rings is 2. The Balaban J connectivity index is 1.40. The molecule has 0 aliphatic carbocycles. The first-order valence-electron chi connectivity index (χ1n) is 12.4. The number of amides is 1. The van der Waals surface area contributed by atoms with Gasteiger partial charge in [-0.25, -0.2) is 4.98 Å². The molecule has 2 aromatic heterocycles. The average Bonchev–Trinajstić information content (AvgIpc) is 3.36. The summed E-state index contributed by atoms with van der Waals surface area (Å²) in [6.07, 6.45) is 5.84. The summed E-state index contributed by atoms with van der Waals surface area (Å²) in [4.78, 5) is 24.2. The van der Waals surface area contributed by atoms with Gasteiger partial charge in [-0.05, 0) is 80.4 Å². The van der Waals surface area contributed by atoms with Gasteiger partial charge < -0.3 is 10.6 Å². The Bertz CT molecular complexity index is 1260. The van der Waals surface area contributed by atoms with Crippen molar-refractivity contribution in [3.63, 3.8) is 0 Å². The number of aromatic nitrogens is 2. The van der Waals surface area contributed by atoms with Crippen molar-refractivity contribution in [2.24, 2.45) is 0 Å². The summed E-state index contributed by atoms with van der Waals surface area (Å²) in [6, 6.07) is 17.7. The van der Waals surface area contributed by atoms with Gasteiger partial charge in [0.1, 0.15) is 0 Å². The summed E-state index contributed by atoms with van der Waals surface area (Å²) in [7, 11) is 0. The van der Waals surface area contributed by atoms with Gasteiger partial charge in [0.25, 0.3) is 5.91 Å². The number of anilines is 3. The van der Waals surface area contributed by atoms with Gasteiger partial charge in [0.05, 0.1) is 5.69 Å². The molecule has 0 unspecified atom stereocenters. The molecule has 2 aromatic carbocycles. The number of thiazole rings is 1. The third-order valence-corrected chi connectivity index (χ3v) is 6.66. The fourth-order valence-electron chi connectivity index (χ4n) is 4.05. The molecule has 2 heterocycles. The SMILES string of the molecule is CCCN(CCC)Cc1ccc(C(=O)Nc2ccc(C)c(Nc3nc(-c4cccnc4)cs3)c2)cc1. The highest BCUT2D eigenvalue weighted by Crippen LogP contribution is 2.29. The average molecular weight is 500 g/mol. The molecule has 4 rings (SSSR count). The first-order chi connectivity index (χ1) is 17.6. The fourth-order valence-corrected chi connectivity index (χ4v) is 4.78. The summed E-state index contributed by atoms with van der Waals surface area (Å²) in [6.45, 7) is 9.53. The maximum Gasteiger partial charge on any atom is 0.255 e. The van der Waals surface area contributed by atoms with E-state index < -0.39 is 0 Å². The number of nitrogens with zero attached hydrogens (tertiary/aromatic N) is 3. The summed E-state index contributed by atoms with van der Waals surface area (Å²) in [5.74, 6) is -0.122. The second-order valence-electron chi connectivity index (χ2n) is 8.86. The van der Waals surface area contributed by atoms with E-state index in [4.69, 9.17) is 0 Å². The lowest BCUT2D eigenvalue weighted by Crippen LogP contribution is -2.24. The van der Waals surface area contributed by atoms with Crippen molar-refractivity contribution < 1.29 is 4.79 Å². The Morgan fingerprint density at radius 2 is 1.81 bits per heavy atom. The lowest BCUT2D eigenvalue weighted by atomic mass is 10.1. The minimum Gasteiger partial charge on any atom is -0.331 e. The molecule has 0 aliphatic rings. The van der Waals surface area contributed by atoms with Gasteiger partial charge in [-0.1, -0.05) is 32.0 Å². The van der Waals surface area contributed by atoms with E-state index in [0.29, 0.717) is 5.56 Å². The number of carbonyl (C=O) groups excluding carboxylic acids is 1. The largest absolute Gasteiger partial charge is 0.331 e.